The molecule has 34 heavy (non-hydrogen) atoms. The topological polar surface area (TPSA) is 61.9 Å². The highest BCUT2D eigenvalue weighted by Gasteiger charge is 2.43. The molecule has 0 saturated carbocycles. The van der Waals surface area contributed by atoms with Crippen LogP contribution in [0.1, 0.15) is 12.0 Å². The third-order valence-corrected chi connectivity index (χ3v) is 6.31. The molecule has 8 heteroatoms. The first-order valence-electron chi connectivity index (χ1n) is 10.8. The first-order valence-corrected chi connectivity index (χ1v) is 11.6. The minimum absolute atomic E-state index is 0.0248. The maximum Gasteiger partial charge on any atom is 0.256 e. The van der Waals surface area contributed by atoms with Gasteiger partial charge in [-0.1, -0.05) is 41.9 Å². The Bertz CT molecular complexity index is 1170. The standard InChI is InChI=1S/C26H24ClN3O3S/c1-33-22-13-11-21(12-14-22)30-25(32)23(17-24(31)28-20-9-7-19(27)8-10-20)29(26(30)34)16-15-18-5-3-2-4-6-18/h2-14,23H,15-17H2,1H3,(H,28,31). The number of hydrogen-bond donors (Lipinski definition) is 1. The molecule has 2 amide bonds. The van der Waals surface area contributed by atoms with Gasteiger partial charge >= 0.3 is 0 Å². The Morgan fingerprint density at radius 3 is 2.35 bits per heavy atom. The van der Waals surface area contributed by atoms with Crippen molar-refractivity contribution in [1.82, 2.24) is 4.90 Å². The summed E-state index contributed by atoms with van der Waals surface area (Å²) in [5, 5.41) is 3.81. The van der Waals surface area contributed by atoms with Crippen LogP contribution in [0.2, 0.25) is 5.02 Å². The summed E-state index contributed by atoms with van der Waals surface area (Å²) in [5.41, 5.74) is 2.39. The molecule has 1 aliphatic heterocycles. The van der Waals surface area contributed by atoms with Crippen LogP contribution in [0, 0.1) is 0 Å². The number of nitrogens with zero attached hydrogens (tertiary/aromatic N) is 2. The molecule has 1 unspecified atom stereocenters. The minimum Gasteiger partial charge on any atom is -0.497 e. The number of benzene rings is 3. The number of carbonyl (C=O) groups is 2. The number of amides is 2. The second-order valence-corrected chi connectivity index (χ2v) is 8.66. The predicted molar refractivity (Wildman–Crippen MR) is 138 cm³/mol. The van der Waals surface area contributed by atoms with E-state index in [1.54, 1.807) is 55.6 Å². The average molecular weight is 494 g/mol. The monoisotopic (exact) mass is 493 g/mol. The molecule has 4 rings (SSSR count). The molecular formula is C26H24ClN3O3S. The maximum absolute atomic E-state index is 13.5. The molecule has 1 N–H and O–H groups in total. The predicted octanol–water partition coefficient (Wildman–Crippen LogP) is 4.92. The number of rotatable bonds is 8. The lowest BCUT2D eigenvalue weighted by atomic mass is 10.1. The molecule has 3 aromatic rings. The van der Waals surface area contributed by atoms with E-state index in [1.165, 1.54) is 4.90 Å². The van der Waals surface area contributed by atoms with Crippen molar-refractivity contribution in [3.63, 3.8) is 0 Å². The van der Waals surface area contributed by atoms with Crippen LogP contribution in [0.5, 0.6) is 5.75 Å². The third-order valence-electron chi connectivity index (χ3n) is 5.64. The summed E-state index contributed by atoms with van der Waals surface area (Å²) < 4.78 is 5.22. The summed E-state index contributed by atoms with van der Waals surface area (Å²) in [7, 11) is 1.58. The lowest BCUT2D eigenvalue weighted by Crippen LogP contribution is -2.39. The van der Waals surface area contributed by atoms with Crippen LogP contribution in [-0.2, 0) is 16.0 Å². The van der Waals surface area contributed by atoms with Gasteiger partial charge in [0.15, 0.2) is 5.11 Å². The quantitative estimate of drug-likeness (QED) is 0.451. The second kappa shape index (κ2) is 10.7. The van der Waals surface area contributed by atoms with E-state index in [9.17, 15) is 9.59 Å². The van der Waals surface area contributed by atoms with Gasteiger partial charge in [0.2, 0.25) is 5.91 Å². The van der Waals surface area contributed by atoms with Crippen molar-refractivity contribution in [3.8, 4) is 5.75 Å². The van der Waals surface area contributed by atoms with Gasteiger partial charge in [0.25, 0.3) is 5.91 Å². The highest BCUT2D eigenvalue weighted by molar-refractivity contribution is 7.80. The smallest absolute Gasteiger partial charge is 0.256 e. The summed E-state index contributed by atoms with van der Waals surface area (Å²) in [6, 6.07) is 23.2. The molecule has 1 heterocycles. The SMILES string of the molecule is COc1ccc(N2C(=O)C(CC(=O)Nc3ccc(Cl)cc3)N(CCc3ccccc3)C2=S)cc1. The average Bonchev–Trinajstić information content (AvgIpc) is 3.08. The highest BCUT2D eigenvalue weighted by atomic mass is 35.5. The fourth-order valence-corrected chi connectivity index (χ4v) is 4.41. The lowest BCUT2D eigenvalue weighted by molar-refractivity contribution is -0.124. The van der Waals surface area contributed by atoms with Crippen molar-refractivity contribution < 1.29 is 14.3 Å². The molecule has 1 saturated heterocycles. The molecule has 1 fully saturated rings. The molecule has 1 aliphatic rings. The normalized spacial score (nSPS) is 15.5. The maximum atomic E-state index is 13.5. The van der Waals surface area contributed by atoms with Gasteiger partial charge < -0.3 is 15.0 Å². The Balaban J connectivity index is 1.55. The van der Waals surface area contributed by atoms with Gasteiger partial charge in [0.05, 0.1) is 19.2 Å². The number of ether oxygens (including phenoxy) is 1. The highest BCUT2D eigenvalue weighted by Crippen LogP contribution is 2.29. The summed E-state index contributed by atoms with van der Waals surface area (Å²) in [5.74, 6) is 0.181. The van der Waals surface area contributed by atoms with Crippen LogP contribution in [0.4, 0.5) is 11.4 Å². The third kappa shape index (κ3) is 5.38. The Labute approximate surface area is 209 Å². The fraction of sp³-hybridized carbons (Fsp3) is 0.192. The Morgan fingerprint density at radius 2 is 1.71 bits per heavy atom. The van der Waals surface area contributed by atoms with Gasteiger partial charge in [-0.3, -0.25) is 14.5 Å². The second-order valence-electron chi connectivity index (χ2n) is 7.86. The number of methoxy groups -OCH3 is 1. The zero-order chi connectivity index (χ0) is 24.1. The largest absolute Gasteiger partial charge is 0.497 e. The van der Waals surface area contributed by atoms with E-state index < -0.39 is 6.04 Å². The first kappa shape index (κ1) is 23.7. The van der Waals surface area contributed by atoms with Crippen molar-refractivity contribution >= 4 is 52.1 Å². The van der Waals surface area contributed by atoms with Crippen molar-refractivity contribution in [2.75, 3.05) is 23.9 Å². The summed E-state index contributed by atoms with van der Waals surface area (Å²) in [6.07, 6.45) is 0.670. The van der Waals surface area contributed by atoms with E-state index in [0.717, 1.165) is 5.56 Å². The van der Waals surface area contributed by atoms with Crippen LogP contribution in [0.25, 0.3) is 0 Å². The number of carbonyl (C=O) groups excluding carboxylic acids is 2. The Kier molecular flexibility index (Phi) is 7.45. The van der Waals surface area contributed by atoms with Gasteiger partial charge in [-0.25, -0.2) is 0 Å². The molecule has 0 aromatic heterocycles. The molecule has 3 aromatic carbocycles. The van der Waals surface area contributed by atoms with Gasteiger partial charge in [0.1, 0.15) is 11.8 Å². The molecule has 0 radical (unpaired) electrons. The Morgan fingerprint density at radius 1 is 1.03 bits per heavy atom. The van der Waals surface area contributed by atoms with Crippen LogP contribution < -0.4 is 15.0 Å². The van der Waals surface area contributed by atoms with E-state index in [-0.39, 0.29) is 18.2 Å². The van der Waals surface area contributed by atoms with Crippen LogP contribution in [-0.4, -0.2) is 41.5 Å². The summed E-state index contributed by atoms with van der Waals surface area (Å²) in [4.78, 5) is 29.7. The van der Waals surface area contributed by atoms with Gasteiger partial charge in [-0.15, -0.1) is 0 Å². The fourth-order valence-electron chi connectivity index (χ4n) is 3.87. The molecule has 0 bridgehead atoms. The number of anilines is 2. The summed E-state index contributed by atoms with van der Waals surface area (Å²) in [6.45, 7) is 0.514. The Hall–Kier alpha value is -3.42. The van der Waals surface area contributed by atoms with Crippen LogP contribution in [0.3, 0.4) is 0 Å². The van der Waals surface area contributed by atoms with Gasteiger partial charge in [0, 0.05) is 17.3 Å². The van der Waals surface area contributed by atoms with E-state index >= 15 is 0 Å². The molecule has 0 aliphatic carbocycles. The minimum atomic E-state index is -0.703. The van der Waals surface area contributed by atoms with Crippen molar-refractivity contribution in [3.05, 3.63) is 89.4 Å². The van der Waals surface area contributed by atoms with Crippen LogP contribution >= 0.6 is 23.8 Å². The molecule has 6 nitrogen and oxygen atoms in total. The van der Waals surface area contributed by atoms with E-state index in [1.807, 2.05) is 35.2 Å². The van der Waals surface area contributed by atoms with Gasteiger partial charge in [-0.05, 0) is 72.7 Å². The zero-order valence-electron chi connectivity index (χ0n) is 18.6. The van der Waals surface area contributed by atoms with E-state index in [4.69, 9.17) is 28.6 Å². The van der Waals surface area contributed by atoms with Crippen molar-refractivity contribution in [2.24, 2.45) is 0 Å². The number of hydrogen-bond acceptors (Lipinski definition) is 4. The zero-order valence-corrected chi connectivity index (χ0v) is 20.2. The van der Waals surface area contributed by atoms with E-state index in [2.05, 4.69) is 5.32 Å². The van der Waals surface area contributed by atoms with Gasteiger partial charge in [-0.2, -0.15) is 0 Å². The van der Waals surface area contributed by atoms with Crippen LogP contribution in [0.15, 0.2) is 78.9 Å². The lowest BCUT2D eigenvalue weighted by Gasteiger charge is -2.24. The number of nitrogens with one attached hydrogen (secondary N) is 1. The number of halogens is 1. The first-order chi connectivity index (χ1) is 16.5. The molecular weight excluding hydrogens is 470 g/mol. The van der Waals surface area contributed by atoms with E-state index in [0.29, 0.717) is 40.2 Å². The number of thiocarbonyl (C=S) groups is 1. The van der Waals surface area contributed by atoms with Crippen molar-refractivity contribution in [2.45, 2.75) is 18.9 Å². The molecule has 1 atom stereocenters. The summed E-state index contributed by atoms with van der Waals surface area (Å²) >= 11 is 11.7. The molecule has 0 spiro atoms. The van der Waals surface area contributed by atoms with Crippen molar-refractivity contribution in [1.29, 1.82) is 0 Å². The molecule has 174 valence electrons.